The molecule has 0 fully saturated rings. The standard InChI is InChI=1S/C18H16N6O/c1-11-9-15(24-25-11)23-18-16(19)17(20-10-21-18)22-14-8-4-6-12-5-2-3-7-13(12)14/h2-10H,19H2,1H3,(H2,20,21,22,23,24). The first kappa shape index (κ1) is 14.9. The van der Waals surface area contributed by atoms with Crippen molar-refractivity contribution in [1.29, 1.82) is 0 Å². The van der Waals surface area contributed by atoms with Gasteiger partial charge in [-0.05, 0) is 18.4 Å². The molecule has 0 saturated heterocycles. The second-order valence-electron chi connectivity index (χ2n) is 5.58. The van der Waals surface area contributed by atoms with E-state index in [4.69, 9.17) is 10.3 Å². The van der Waals surface area contributed by atoms with Gasteiger partial charge in [0.1, 0.15) is 17.8 Å². The van der Waals surface area contributed by atoms with Gasteiger partial charge in [0, 0.05) is 17.1 Å². The molecule has 0 radical (unpaired) electrons. The van der Waals surface area contributed by atoms with Gasteiger partial charge in [0.15, 0.2) is 17.5 Å². The zero-order valence-corrected chi connectivity index (χ0v) is 13.5. The number of fused-ring (bicyclic) bond motifs is 1. The van der Waals surface area contributed by atoms with Crippen molar-refractivity contribution in [3.05, 3.63) is 60.6 Å². The maximum Gasteiger partial charge on any atom is 0.175 e. The van der Waals surface area contributed by atoms with Crippen LogP contribution in [-0.4, -0.2) is 15.1 Å². The Morgan fingerprint density at radius 1 is 0.960 bits per heavy atom. The fraction of sp³-hybridized carbons (Fsp3) is 0.0556. The molecule has 0 aliphatic carbocycles. The highest BCUT2D eigenvalue weighted by Gasteiger charge is 2.11. The summed E-state index contributed by atoms with van der Waals surface area (Å²) in [5, 5.41) is 12.4. The topological polar surface area (TPSA) is 102 Å². The largest absolute Gasteiger partial charge is 0.393 e. The van der Waals surface area contributed by atoms with Gasteiger partial charge >= 0.3 is 0 Å². The van der Waals surface area contributed by atoms with E-state index in [0.29, 0.717) is 28.9 Å². The summed E-state index contributed by atoms with van der Waals surface area (Å²) in [6, 6.07) is 15.9. The first-order chi connectivity index (χ1) is 12.2. The zero-order valence-electron chi connectivity index (χ0n) is 13.5. The molecular formula is C18H16N6O. The van der Waals surface area contributed by atoms with E-state index in [0.717, 1.165) is 16.5 Å². The number of rotatable bonds is 4. The van der Waals surface area contributed by atoms with Crippen molar-refractivity contribution >= 4 is 39.6 Å². The van der Waals surface area contributed by atoms with Crippen molar-refractivity contribution in [3.8, 4) is 0 Å². The lowest BCUT2D eigenvalue weighted by Crippen LogP contribution is -2.05. The van der Waals surface area contributed by atoms with Gasteiger partial charge in [-0.3, -0.25) is 0 Å². The predicted octanol–water partition coefficient (Wildman–Crippen LogP) is 4.00. The number of anilines is 5. The smallest absolute Gasteiger partial charge is 0.175 e. The Morgan fingerprint density at radius 3 is 2.52 bits per heavy atom. The number of aromatic nitrogens is 3. The lowest BCUT2D eigenvalue weighted by atomic mass is 10.1. The minimum atomic E-state index is 0.399. The molecule has 124 valence electrons. The fourth-order valence-electron chi connectivity index (χ4n) is 2.60. The quantitative estimate of drug-likeness (QED) is 0.519. The summed E-state index contributed by atoms with van der Waals surface area (Å²) >= 11 is 0. The molecule has 0 spiro atoms. The van der Waals surface area contributed by atoms with Crippen LogP contribution in [-0.2, 0) is 0 Å². The average Bonchev–Trinajstić information content (AvgIpc) is 3.04. The highest BCUT2D eigenvalue weighted by molar-refractivity contribution is 5.96. The molecule has 0 aliphatic rings. The van der Waals surface area contributed by atoms with E-state index in [1.807, 2.05) is 37.3 Å². The summed E-state index contributed by atoms with van der Waals surface area (Å²) in [6.45, 7) is 1.81. The second-order valence-corrected chi connectivity index (χ2v) is 5.58. The minimum Gasteiger partial charge on any atom is -0.393 e. The number of hydrogen-bond acceptors (Lipinski definition) is 7. The van der Waals surface area contributed by atoms with Crippen LogP contribution in [0.25, 0.3) is 10.8 Å². The van der Waals surface area contributed by atoms with Crippen LogP contribution in [0.15, 0.2) is 59.4 Å². The van der Waals surface area contributed by atoms with Gasteiger partial charge in [-0.15, -0.1) is 0 Å². The van der Waals surface area contributed by atoms with E-state index < -0.39 is 0 Å². The third-order valence-corrected chi connectivity index (χ3v) is 3.80. The summed E-state index contributed by atoms with van der Waals surface area (Å²) < 4.78 is 5.04. The first-order valence-corrected chi connectivity index (χ1v) is 7.76. The predicted molar refractivity (Wildman–Crippen MR) is 98.2 cm³/mol. The molecule has 0 bridgehead atoms. The third kappa shape index (κ3) is 2.94. The van der Waals surface area contributed by atoms with E-state index in [1.54, 1.807) is 6.07 Å². The summed E-state index contributed by atoms with van der Waals surface area (Å²) in [4.78, 5) is 8.44. The highest BCUT2D eigenvalue weighted by Crippen LogP contribution is 2.31. The number of nitrogen functional groups attached to an aromatic ring is 1. The number of benzene rings is 2. The molecule has 7 nitrogen and oxygen atoms in total. The van der Waals surface area contributed by atoms with Crippen LogP contribution in [0.3, 0.4) is 0 Å². The number of nitrogens with two attached hydrogens (primary N) is 1. The molecule has 4 aromatic rings. The first-order valence-electron chi connectivity index (χ1n) is 7.76. The zero-order chi connectivity index (χ0) is 17.2. The molecule has 0 amide bonds. The molecule has 0 saturated carbocycles. The molecule has 0 atom stereocenters. The van der Waals surface area contributed by atoms with Crippen LogP contribution in [0.4, 0.5) is 28.8 Å². The van der Waals surface area contributed by atoms with E-state index in [1.165, 1.54) is 6.33 Å². The van der Waals surface area contributed by atoms with E-state index in [9.17, 15) is 0 Å². The fourth-order valence-corrected chi connectivity index (χ4v) is 2.60. The molecule has 4 N–H and O–H groups in total. The third-order valence-electron chi connectivity index (χ3n) is 3.80. The van der Waals surface area contributed by atoms with Gasteiger partial charge in [-0.2, -0.15) is 0 Å². The maximum atomic E-state index is 6.22. The van der Waals surface area contributed by atoms with Crippen molar-refractivity contribution in [2.24, 2.45) is 0 Å². The summed E-state index contributed by atoms with van der Waals surface area (Å²) in [6.07, 6.45) is 1.44. The van der Waals surface area contributed by atoms with Crippen molar-refractivity contribution in [2.45, 2.75) is 6.92 Å². The molecule has 4 rings (SSSR count). The molecule has 2 heterocycles. The molecule has 0 aliphatic heterocycles. The lowest BCUT2D eigenvalue weighted by molar-refractivity contribution is 0.400. The van der Waals surface area contributed by atoms with Gasteiger partial charge in [0.2, 0.25) is 0 Å². The number of hydrogen-bond donors (Lipinski definition) is 3. The summed E-state index contributed by atoms with van der Waals surface area (Å²) in [7, 11) is 0. The monoisotopic (exact) mass is 332 g/mol. The molecule has 0 unspecified atom stereocenters. The van der Waals surface area contributed by atoms with Gasteiger partial charge in [0.05, 0.1) is 0 Å². The molecule has 2 aromatic carbocycles. The van der Waals surface area contributed by atoms with Crippen LogP contribution in [0.5, 0.6) is 0 Å². The second kappa shape index (κ2) is 6.12. The normalized spacial score (nSPS) is 10.8. The number of aryl methyl sites for hydroxylation is 1. The minimum absolute atomic E-state index is 0.399. The van der Waals surface area contributed by atoms with E-state index >= 15 is 0 Å². The van der Waals surface area contributed by atoms with Gasteiger partial charge in [0.25, 0.3) is 0 Å². The lowest BCUT2D eigenvalue weighted by Gasteiger charge is -2.13. The van der Waals surface area contributed by atoms with Crippen LogP contribution in [0.2, 0.25) is 0 Å². The van der Waals surface area contributed by atoms with Crippen LogP contribution in [0, 0.1) is 6.92 Å². The SMILES string of the molecule is Cc1cc(Nc2ncnc(Nc3cccc4ccccc34)c2N)no1. The molecule has 2 aromatic heterocycles. The maximum absolute atomic E-state index is 6.22. The molecule has 7 heteroatoms. The van der Waals surface area contributed by atoms with Crippen LogP contribution in [0.1, 0.15) is 5.76 Å². The van der Waals surface area contributed by atoms with Gasteiger partial charge in [-0.1, -0.05) is 41.6 Å². The van der Waals surface area contributed by atoms with Crippen LogP contribution < -0.4 is 16.4 Å². The Hall–Kier alpha value is -3.61. The highest BCUT2D eigenvalue weighted by atomic mass is 16.5. The van der Waals surface area contributed by atoms with Gasteiger partial charge in [-0.25, -0.2) is 9.97 Å². The van der Waals surface area contributed by atoms with Crippen molar-refractivity contribution < 1.29 is 4.52 Å². The van der Waals surface area contributed by atoms with Crippen molar-refractivity contribution in [1.82, 2.24) is 15.1 Å². The Kier molecular flexibility index (Phi) is 3.66. The van der Waals surface area contributed by atoms with Crippen molar-refractivity contribution in [2.75, 3.05) is 16.4 Å². The Balaban J connectivity index is 1.67. The number of nitrogens with one attached hydrogen (secondary N) is 2. The van der Waals surface area contributed by atoms with Crippen molar-refractivity contribution in [3.63, 3.8) is 0 Å². The summed E-state index contributed by atoms with van der Waals surface area (Å²) in [5.41, 5.74) is 7.54. The Labute approximate surface area is 143 Å². The van der Waals surface area contributed by atoms with E-state index in [-0.39, 0.29) is 0 Å². The van der Waals surface area contributed by atoms with E-state index in [2.05, 4.69) is 37.9 Å². The average molecular weight is 332 g/mol. The Bertz CT molecular complexity index is 1040. The molecule has 25 heavy (non-hydrogen) atoms. The Morgan fingerprint density at radius 2 is 1.72 bits per heavy atom. The molecular weight excluding hydrogens is 316 g/mol. The number of nitrogens with zero attached hydrogens (tertiary/aromatic N) is 3. The van der Waals surface area contributed by atoms with Crippen LogP contribution >= 0.6 is 0 Å². The summed E-state index contributed by atoms with van der Waals surface area (Å²) in [5.74, 6) is 2.23. The van der Waals surface area contributed by atoms with Gasteiger partial charge < -0.3 is 20.9 Å².